The third kappa shape index (κ3) is 3.07. The second-order valence-corrected chi connectivity index (χ2v) is 9.68. The van der Waals surface area contributed by atoms with E-state index in [1.165, 1.54) is 63.9 Å². The predicted octanol–water partition coefficient (Wildman–Crippen LogP) is 3.16. The van der Waals surface area contributed by atoms with Crippen molar-refractivity contribution in [3.05, 3.63) is 45.7 Å². The van der Waals surface area contributed by atoms with Gasteiger partial charge in [0.15, 0.2) is 0 Å². The fourth-order valence-corrected chi connectivity index (χ4v) is 6.50. The fourth-order valence-electron chi connectivity index (χ4n) is 5.75. The van der Waals surface area contributed by atoms with Gasteiger partial charge in [0.05, 0.1) is 25.2 Å². The van der Waals surface area contributed by atoms with Crippen LogP contribution in [0.25, 0.3) is 10.4 Å². The van der Waals surface area contributed by atoms with Gasteiger partial charge in [0, 0.05) is 34.9 Å². The van der Waals surface area contributed by atoms with E-state index in [4.69, 9.17) is 0 Å². The average molecular weight is 370 g/mol. The Hall–Kier alpha value is -1.39. The molecule has 4 heteroatoms. The third-order valence-corrected chi connectivity index (χ3v) is 7.79. The van der Waals surface area contributed by atoms with E-state index in [9.17, 15) is 4.79 Å². The van der Waals surface area contributed by atoms with Gasteiger partial charge in [-0.1, -0.05) is 25.3 Å². The van der Waals surface area contributed by atoms with Gasteiger partial charge in [-0.05, 0) is 42.8 Å². The van der Waals surface area contributed by atoms with Gasteiger partial charge in [0.25, 0.3) is 5.56 Å². The number of fused-ring (bicyclic) bond motifs is 4. The van der Waals surface area contributed by atoms with E-state index in [0.717, 1.165) is 22.9 Å². The molecule has 1 unspecified atom stereocenters. The SMILES string of the molecule is O=c1c(-c2cccs2)ccc2n1C[C@H]1C[C@@H]2C[NH+](CC2CCCCC2)C1. The summed E-state index contributed by atoms with van der Waals surface area (Å²) in [5, 5.41) is 2.06. The average Bonchev–Trinajstić information content (AvgIpc) is 3.18. The lowest BCUT2D eigenvalue weighted by molar-refractivity contribution is -0.914. The number of likely N-dealkylation sites (tertiary alicyclic amines) is 1. The second-order valence-electron chi connectivity index (χ2n) is 8.73. The fraction of sp³-hybridized carbons (Fsp3) is 0.591. The normalized spacial score (nSPS) is 28.7. The number of hydrogen-bond acceptors (Lipinski definition) is 2. The standard InChI is InChI=1S/C22H28N2OS/c25-22-19(21-7-4-10-26-21)8-9-20-18-11-17(14-24(20)22)13-23(15-18)12-16-5-2-1-3-6-16/h4,7-10,16-18H,1-3,5-6,11-15H2/p+1/t17-,18+/m0/s1. The van der Waals surface area contributed by atoms with Crippen molar-refractivity contribution in [3.63, 3.8) is 0 Å². The van der Waals surface area contributed by atoms with Crippen LogP contribution in [0.1, 0.15) is 50.1 Å². The monoisotopic (exact) mass is 369 g/mol. The number of hydrogen-bond donors (Lipinski definition) is 1. The molecule has 0 aromatic carbocycles. The summed E-state index contributed by atoms with van der Waals surface area (Å²) >= 11 is 1.66. The molecule has 138 valence electrons. The van der Waals surface area contributed by atoms with Crippen LogP contribution < -0.4 is 10.5 Å². The molecular weight excluding hydrogens is 340 g/mol. The lowest BCUT2D eigenvalue weighted by Crippen LogP contribution is -3.15. The minimum absolute atomic E-state index is 0.232. The molecule has 1 N–H and O–H groups in total. The van der Waals surface area contributed by atoms with Crippen molar-refractivity contribution in [2.75, 3.05) is 19.6 Å². The quantitative estimate of drug-likeness (QED) is 0.884. The Morgan fingerprint density at radius 2 is 2.00 bits per heavy atom. The molecule has 0 radical (unpaired) electrons. The number of pyridine rings is 1. The molecule has 26 heavy (non-hydrogen) atoms. The Labute approximate surface area is 159 Å². The van der Waals surface area contributed by atoms with E-state index >= 15 is 0 Å². The van der Waals surface area contributed by atoms with Gasteiger partial charge in [0.2, 0.25) is 0 Å². The highest BCUT2D eigenvalue weighted by atomic mass is 32.1. The van der Waals surface area contributed by atoms with Gasteiger partial charge in [-0.15, -0.1) is 11.3 Å². The van der Waals surface area contributed by atoms with Crippen molar-refractivity contribution >= 4 is 11.3 Å². The van der Waals surface area contributed by atoms with Crippen molar-refractivity contribution < 1.29 is 4.90 Å². The van der Waals surface area contributed by atoms with E-state index < -0.39 is 0 Å². The number of quaternary nitrogens is 1. The van der Waals surface area contributed by atoms with Gasteiger partial charge >= 0.3 is 0 Å². The van der Waals surface area contributed by atoms with Crippen LogP contribution in [0.3, 0.4) is 0 Å². The zero-order valence-electron chi connectivity index (χ0n) is 15.5. The Morgan fingerprint density at radius 3 is 2.81 bits per heavy atom. The van der Waals surface area contributed by atoms with Crippen molar-refractivity contribution in [2.45, 2.75) is 51.0 Å². The van der Waals surface area contributed by atoms with Gasteiger partial charge in [-0.25, -0.2) is 0 Å². The molecule has 1 saturated carbocycles. The third-order valence-electron chi connectivity index (χ3n) is 6.89. The first kappa shape index (κ1) is 16.8. The lowest BCUT2D eigenvalue weighted by atomic mass is 9.81. The Morgan fingerprint density at radius 1 is 1.12 bits per heavy atom. The summed E-state index contributed by atoms with van der Waals surface area (Å²) in [7, 11) is 0. The van der Waals surface area contributed by atoms with Gasteiger partial charge in [-0.3, -0.25) is 4.79 Å². The van der Waals surface area contributed by atoms with Gasteiger partial charge in [0.1, 0.15) is 0 Å². The van der Waals surface area contributed by atoms with Crippen LogP contribution in [0.5, 0.6) is 0 Å². The maximum Gasteiger partial charge on any atom is 0.259 e. The summed E-state index contributed by atoms with van der Waals surface area (Å²) in [5.41, 5.74) is 2.41. The molecule has 2 aliphatic heterocycles. The number of nitrogens with one attached hydrogen (secondary N) is 1. The van der Waals surface area contributed by atoms with E-state index in [0.29, 0.717) is 11.8 Å². The van der Waals surface area contributed by atoms with Crippen LogP contribution in [0, 0.1) is 11.8 Å². The van der Waals surface area contributed by atoms with Crippen LogP contribution in [0.15, 0.2) is 34.4 Å². The summed E-state index contributed by atoms with van der Waals surface area (Å²) < 4.78 is 2.12. The maximum absolute atomic E-state index is 13.1. The second kappa shape index (κ2) is 6.97. The molecule has 1 saturated heterocycles. The first-order chi connectivity index (χ1) is 12.8. The van der Waals surface area contributed by atoms with Crippen molar-refractivity contribution in [2.24, 2.45) is 11.8 Å². The predicted molar refractivity (Wildman–Crippen MR) is 107 cm³/mol. The molecule has 3 atom stereocenters. The number of thiophene rings is 1. The highest BCUT2D eigenvalue weighted by Crippen LogP contribution is 2.32. The van der Waals surface area contributed by atoms with Crippen molar-refractivity contribution in [3.8, 4) is 10.4 Å². The Bertz CT molecular complexity index is 819. The lowest BCUT2D eigenvalue weighted by Gasteiger charge is -2.41. The van der Waals surface area contributed by atoms with Crippen LogP contribution in [-0.2, 0) is 6.54 Å². The number of nitrogens with zero attached hydrogens (tertiary/aromatic N) is 1. The Balaban J connectivity index is 1.39. The number of piperidine rings is 1. The first-order valence-corrected chi connectivity index (χ1v) is 11.3. The summed E-state index contributed by atoms with van der Waals surface area (Å²) in [4.78, 5) is 16.0. The highest BCUT2D eigenvalue weighted by molar-refractivity contribution is 7.13. The number of rotatable bonds is 3. The highest BCUT2D eigenvalue weighted by Gasteiger charge is 2.38. The topological polar surface area (TPSA) is 26.4 Å². The molecule has 4 heterocycles. The van der Waals surface area contributed by atoms with Gasteiger partial charge in [-0.2, -0.15) is 0 Å². The molecule has 2 fully saturated rings. The largest absolute Gasteiger partial charge is 0.334 e. The van der Waals surface area contributed by atoms with E-state index in [2.05, 4.69) is 28.1 Å². The van der Waals surface area contributed by atoms with E-state index in [1.54, 1.807) is 16.2 Å². The molecule has 0 spiro atoms. The molecule has 0 amide bonds. The van der Waals surface area contributed by atoms with Crippen LogP contribution in [0.2, 0.25) is 0 Å². The summed E-state index contributed by atoms with van der Waals surface area (Å²) in [6.07, 6.45) is 8.49. The first-order valence-electron chi connectivity index (χ1n) is 10.4. The van der Waals surface area contributed by atoms with Crippen LogP contribution in [-0.4, -0.2) is 24.2 Å². The van der Waals surface area contributed by atoms with E-state index in [1.807, 2.05) is 6.07 Å². The van der Waals surface area contributed by atoms with Crippen LogP contribution >= 0.6 is 11.3 Å². The molecule has 3 aliphatic rings. The summed E-state index contributed by atoms with van der Waals surface area (Å²) in [6.45, 7) is 4.79. The zero-order chi connectivity index (χ0) is 17.5. The van der Waals surface area contributed by atoms with Crippen molar-refractivity contribution in [1.82, 2.24) is 4.57 Å². The zero-order valence-corrected chi connectivity index (χ0v) is 16.3. The van der Waals surface area contributed by atoms with Crippen molar-refractivity contribution in [1.29, 1.82) is 0 Å². The van der Waals surface area contributed by atoms with Crippen LogP contribution in [0.4, 0.5) is 0 Å². The Kier molecular flexibility index (Phi) is 4.49. The molecule has 2 bridgehead atoms. The maximum atomic E-state index is 13.1. The van der Waals surface area contributed by atoms with E-state index in [-0.39, 0.29) is 5.56 Å². The van der Waals surface area contributed by atoms with Gasteiger partial charge < -0.3 is 9.47 Å². The molecule has 3 nitrogen and oxygen atoms in total. The molecular formula is C22H29N2OS+. The smallest absolute Gasteiger partial charge is 0.259 e. The summed E-state index contributed by atoms with van der Waals surface area (Å²) in [6, 6.07) is 8.43. The molecule has 5 rings (SSSR count). The molecule has 2 aromatic heterocycles. The minimum Gasteiger partial charge on any atom is -0.334 e. The molecule has 1 aliphatic carbocycles. The summed E-state index contributed by atoms with van der Waals surface area (Å²) in [5.74, 6) is 2.20. The molecule has 2 aromatic rings. The minimum atomic E-state index is 0.232. The number of aromatic nitrogens is 1.